The number of hydrogen-bond acceptors (Lipinski definition) is 4. The Balaban J connectivity index is 1.70. The van der Waals surface area contributed by atoms with Gasteiger partial charge in [0, 0.05) is 28.3 Å². The molecule has 3 rings (SSSR count). The number of nitrogens with one attached hydrogen (secondary N) is 1. The standard InChI is InChI=1S/C21H19Cl2N3O3/c1-28-17-9-14(10-18(12-17)29-2)3-6-21(27)25-20-7-8-24-26(20)13-15-4-5-16(22)11-19(15)23/h3-12H,13H2,1-2H3,(H,25,27)/b6-3+. The van der Waals surface area contributed by atoms with E-state index in [-0.39, 0.29) is 5.91 Å². The molecular formula is C21H19Cl2N3O3. The Bertz CT molecular complexity index is 1030. The van der Waals surface area contributed by atoms with Crippen LogP contribution in [0.15, 0.2) is 54.7 Å². The molecule has 0 aliphatic carbocycles. The Kier molecular flexibility index (Phi) is 6.80. The maximum atomic E-state index is 12.4. The van der Waals surface area contributed by atoms with E-state index in [0.717, 1.165) is 11.1 Å². The summed E-state index contributed by atoms with van der Waals surface area (Å²) in [6, 6.07) is 12.3. The van der Waals surface area contributed by atoms with Crippen LogP contribution in [0.2, 0.25) is 10.0 Å². The van der Waals surface area contributed by atoms with Gasteiger partial charge in [-0.3, -0.25) is 4.79 Å². The lowest BCUT2D eigenvalue weighted by Crippen LogP contribution is -2.14. The lowest BCUT2D eigenvalue weighted by atomic mass is 10.2. The number of amides is 1. The number of hydrogen-bond donors (Lipinski definition) is 1. The minimum Gasteiger partial charge on any atom is -0.497 e. The number of carbonyl (C=O) groups is 1. The van der Waals surface area contributed by atoms with Gasteiger partial charge in [0.15, 0.2) is 0 Å². The van der Waals surface area contributed by atoms with Gasteiger partial charge in [0.05, 0.1) is 27.0 Å². The Morgan fingerprint density at radius 1 is 1.10 bits per heavy atom. The number of aromatic nitrogens is 2. The van der Waals surface area contributed by atoms with Crippen molar-refractivity contribution < 1.29 is 14.3 Å². The minimum absolute atomic E-state index is 0.296. The van der Waals surface area contributed by atoms with E-state index in [4.69, 9.17) is 32.7 Å². The van der Waals surface area contributed by atoms with E-state index in [1.807, 2.05) is 6.07 Å². The van der Waals surface area contributed by atoms with E-state index in [1.54, 1.807) is 67.6 Å². The number of anilines is 1. The number of nitrogens with zero attached hydrogens (tertiary/aromatic N) is 2. The Morgan fingerprint density at radius 3 is 2.48 bits per heavy atom. The number of halogens is 2. The summed E-state index contributed by atoms with van der Waals surface area (Å²) in [6.07, 6.45) is 4.72. The topological polar surface area (TPSA) is 65.4 Å². The summed E-state index contributed by atoms with van der Waals surface area (Å²) in [5.41, 5.74) is 1.62. The van der Waals surface area contributed by atoms with Gasteiger partial charge in [0.1, 0.15) is 17.3 Å². The molecule has 0 aliphatic rings. The monoisotopic (exact) mass is 431 g/mol. The predicted octanol–water partition coefficient (Wildman–Crippen LogP) is 4.91. The molecule has 6 nitrogen and oxygen atoms in total. The normalized spacial score (nSPS) is 10.9. The highest BCUT2D eigenvalue weighted by atomic mass is 35.5. The fourth-order valence-electron chi connectivity index (χ4n) is 2.64. The average molecular weight is 432 g/mol. The van der Waals surface area contributed by atoms with Crippen molar-refractivity contribution >= 4 is 41.0 Å². The fourth-order valence-corrected chi connectivity index (χ4v) is 3.11. The van der Waals surface area contributed by atoms with Crippen molar-refractivity contribution in [1.82, 2.24) is 9.78 Å². The van der Waals surface area contributed by atoms with E-state index >= 15 is 0 Å². The number of rotatable bonds is 7. The molecule has 150 valence electrons. The summed E-state index contributed by atoms with van der Waals surface area (Å²) in [6.45, 7) is 0.398. The van der Waals surface area contributed by atoms with Crippen molar-refractivity contribution in [3.05, 3.63) is 75.9 Å². The van der Waals surface area contributed by atoms with Gasteiger partial charge in [0.25, 0.3) is 0 Å². The van der Waals surface area contributed by atoms with E-state index < -0.39 is 0 Å². The molecule has 0 aliphatic heterocycles. The zero-order valence-corrected chi connectivity index (χ0v) is 17.4. The molecule has 3 aromatic rings. The van der Waals surface area contributed by atoms with Gasteiger partial charge in [-0.1, -0.05) is 29.3 Å². The summed E-state index contributed by atoms with van der Waals surface area (Å²) in [5.74, 6) is 1.54. The molecule has 2 aromatic carbocycles. The molecule has 1 amide bonds. The Labute approximate surface area is 178 Å². The first-order valence-electron chi connectivity index (χ1n) is 8.66. The summed E-state index contributed by atoms with van der Waals surface area (Å²) in [7, 11) is 3.14. The SMILES string of the molecule is COc1cc(/C=C/C(=O)Nc2ccnn2Cc2ccc(Cl)cc2Cl)cc(OC)c1. The molecule has 8 heteroatoms. The third-order valence-corrected chi connectivity index (χ3v) is 4.69. The molecule has 0 spiro atoms. The minimum atomic E-state index is -0.296. The molecule has 1 heterocycles. The summed E-state index contributed by atoms with van der Waals surface area (Å²) in [5, 5.41) is 8.16. The third-order valence-electron chi connectivity index (χ3n) is 4.10. The Morgan fingerprint density at radius 2 is 1.83 bits per heavy atom. The average Bonchev–Trinajstić information content (AvgIpc) is 3.14. The highest BCUT2D eigenvalue weighted by molar-refractivity contribution is 6.35. The number of carbonyl (C=O) groups excluding carboxylic acids is 1. The highest BCUT2D eigenvalue weighted by Crippen LogP contribution is 2.24. The van der Waals surface area contributed by atoms with Crippen LogP contribution in [-0.4, -0.2) is 29.9 Å². The summed E-state index contributed by atoms with van der Waals surface area (Å²) in [4.78, 5) is 12.4. The lowest BCUT2D eigenvalue weighted by molar-refractivity contribution is -0.111. The first kappa shape index (κ1) is 20.8. The molecule has 0 saturated heterocycles. The highest BCUT2D eigenvalue weighted by Gasteiger charge is 2.09. The van der Waals surface area contributed by atoms with Crippen LogP contribution in [0.3, 0.4) is 0 Å². The van der Waals surface area contributed by atoms with Crippen LogP contribution in [0, 0.1) is 0 Å². The van der Waals surface area contributed by atoms with Crippen molar-refractivity contribution in [3.63, 3.8) is 0 Å². The van der Waals surface area contributed by atoms with Gasteiger partial charge in [-0.25, -0.2) is 4.68 Å². The molecule has 0 fully saturated rings. The molecule has 0 saturated carbocycles. The second-order valence-corrected chi connectivity index (χ2v) is 6.92. The summed E-state index contributed by atoms with van der Waals surface area (Å²) >= 11 is 12.2. The van der Waals surface area contributed by atoms with E-state index in [2.05, 4.69) is 10.4 Å². The largest absolute Gasteiger partial charge is 0.497 e. The first-order chi connectivity index (χ1) is 14.0. The van der Waals surface area contributed by atoms with Gasteiger partial charge in [0.2, 0.25) is 5.91 Å². The number of benzene rings is 2. The van der Waals surface area contributed by atoms with Crippen molar-refractivity contribution in [2.75, 3.05) is 19.5 Å². The maximum absolute atomic E-state index is 12.4. The van der Waals surface area contributed by atoms with Gasteiger partial charge in [-0.05, 0) is 41.5 Å². The summed E-state index contributed by atoms with van der Waals surface area (Å²) < 4.78 is 12.1. The van der Waals surface area contributed by atoms with Crippen molar-refractivity contribution in [1.29, 1.82) is 0 Å². The third kappa shape index (κ3) is 5.53. The molecular weight excluding hydrogens is 413 g/mol. The van der Waals surface area contributed by atoms with Crippen molar-refractivity contribution in [2.24, 2.45) is 0 Å². The van der Waals surface area contributed by atoms with Crippen LogP contribution < -0.4 is 14.8 Å². The van der Waals surface area contributed by atoms with E-state index in [0.29, 0.717) is 33.9 Å². The molecule has 0 bridgehead atoms. The zero-order chi connectivity index (χ0) is 20.8. The van der Waals surface area contributed by atoms with Crippen molar-refractivity contribution in [3.8, 4) is 11.5 Å². The molecule has 0 radical (unpaired) electrons. The van der Waals surface area contributed by atoms with Gasteiger partial charge in [-0.2, -0.15) is 5.10 Å². The number of methoxy groups -OCH3 is 2. The van der Waals surface area contributed by atoms with Crippen LogP contribution in [0.4, 0.5) is 5.82 Å². The van der Waals surface area contributed by atoms with Gasteiger partial charge >= 0.3 is 0 Å². The van der Waals surface area contributed by atoms with Gasteiger partial charge < -0.3 is 14.8 Å². The van der Waals surface area contributed by atoms with Crippen LogP contribution in [0.1, 0.15) is 11.1 Å². The zero-order valence-electron chi connectivity index (χ0n) is 15.9. The second-order valence-electron chi connectivity index (χ2n) is 6.08. The quantitative estimate of drug-likeness (QED) is 0.539. The number of ether oxygens (including phenoxy) is 2. The molecule has 1 aromatic heterocycles. The van der Waals surface area contributed by atoms with Crippen molar-refractivity contribution in [2.45, 2.75) is 6.54 Å². The van der Waals surface area contributed by atoms with Crippen LogP contribution in [0.25, 0.3) is 6.08 Å². The second kappa shape index (κ2) is 9.49. The lowest BCUT2D eigenvalue weighted by Gasteiger charge is -2.09. The predicted molar refractivity (Wildman–Crippen MR) is 115 cm³/mol. The molecule has 0 unspecified atom stereocenters. The smallest absolute Gasteiger partial charge is 0.249 e. The fraction of sp³-hybridized carbons (Fsp3) is 0.143. The van der Waals surface area contributed by atoms with E-state index in [1.165, 1.54) is 6.08 Å². The van der Waals surface area contributed by atoms with Crippen LogP contribution in [0.5, 0.6) is 11.5 Å². The van der Waals surface area contributed by atoms with Crippen LogP contribution in [-0.2, 0) is 11.3 Å². The Hall–Kier alpha value is -2.96. The maximum Gasteiger partial charge on any atom is 0.249 e. The van der Waals surface area contributed by atoms with Crippen LogP contribution >= 0.6 is 23.2 Å². The molecule has 29 heavy (non-hydrogen) atoms. The first-order valence-corrected chi connectivity index (χ1v) is 9.42. The van der Waals surface area contributed by atoms with E-state index in [9.17, 15) is 4.79 Å². The van der Waals surface area contributed by atoms with Gasteiger partial charge in [-0.15, -0.1) is 0 Å². The molecule has 0 atom stereocenters. The molecule has 1 N–H and O–H groups in total.